The number of aliphatic hydroxyl groups excluding tert-OH is 1. The predicted octanol–water partition coefficient (Wildman–Crippen LogP) is 3.03. The Morgan fingerprint density at radius 2 is 1.95 bits per heavy atom. The Morgan fingerprint density at radius 3 is 2.45 bits per heavy atom. The fraction of sp³-hybridized carbons (Fsp3) is 0.294. The molecule has 1 aromatic heterocycles. The van der Waals surface area contributed by atoms with E-state index in [-0.39, 0.29) is 6.42 Å². The Morgan fingerprint density at radius 1 is 1.23 bits per heavy atom. The van der Waals surface area contributed by atoms with E-state index in [1.807, 2.05) is 0 Å². The van der Waals surface area contributed by atoms with Gasteiger partial charge in [-0.15, -0.1) is 12.3 Å². The number of hydrogen-bond donors (Lipinski definition) is 1. The van der Waals surface area contributed by atoms with Crippen molar-refractivity contribution in [3.8, 4) is 40.9 Å². The van der Waals surface area contributed by atoms with Gasteiger partial charge in [-0.05, 0) is 18.2 Å². The van der Waals surface area contributed by atoms with Crippen molar-refractivity contribution in [3.05, 3.63) is 30.0 Å². The summed E-state index contributed by atoms with van der Waals surface area (Å²) in [7, 11) is 4.55. The molecule has 22 heavy (non-hydrogen) atoms. The second-order valence-corrected chi connectivity index (χ2v) is 4.51. The van der Waals surface area contributed by atoms with Crippen molar-refractivity contribution >= 4 is 0 Å². The fourth-order valence-electron chi connectivity index (χ4n) is 2.33. The van der Waals surface area contributed by atoms with Crippen LogP contribution in [0.25, 0.3) is 11.3 Å². The van der Waals surface area contributed by atoms with E-state index in [1.54, 1.807) is 24.5 Å². The Labute approximate surface area is 129 Å². The van der Waals surface area contributed by atoms with Gasteiger partial charge in [0, 0.05) is 12.0 Å². The molecule has 0 aliphatic rings. The smallest absolute Gasteiger partial charge is 0.204 e. The van der Waals surface area contributed by atoms with Crippen LogP contribution in [0.4, 0.5) is 0 Å². The van der Waals surface area contributed by atoms with Crippen LogP contribution in [0.5, 0.6) is 17.2 Å². The van der Waals surface area contributed by atoms with Crippen molar-refractivity contribution in [1.29, 1.82) is 0 Å². The molecular weight excluding hydrogens is 284 g/mol. The first-order valence-corrected chi connectivity index (χ1v) is 6.66. The molecule has 0 saturated heterocycles. The van der Waals surface area contributed by atoms with Crippen molar-refractivity contribution in [2.75, 3.05) is 21.3 Å². The minimum absolute atomic E-state index is 0.159. The number of aliphatic hydroxyl groups is 1. The lowest BCUT2D eigenvalue weighted by Crippen LogP contribution is -2.04. The number of benzene rings is 1. The van der Waals surface area contributed by atoms with Gasteiger partial charge in [-0.2, -0.15) is 0 Å². The van der Waals surface area contributed by atoms with Crippen molar-refractivity contribution in [2.45, 2.75) is 12.5 Å². The summed E-state index contributed by atoms with van der Waals surface area (Å²) in [5.41, 5.74) is 1.15. The molecular formula is C17H18O5. The van der Waals surface area contributed by atoms with Crippen molar-refractivity contribution in [2.24, 2.45) is 0 Å². The summed E-state index contributed by atoms with van der Waals surface area (Å²) in [6, 6.07) is 5.21. The largest absolute Gasteiger partial charge is 0.493 e. The normalized spacial score (nSPS) is 11.6. The molecule has 1 heterocycles. The maximum Gasteiger partial charge on any atom is 0.204 e. The standard InChI is InChI=1S/C17H18O5/c1-5-7-12(18)11-10-14(19-2)16(20-3)17(21-4)15(11)13-8-6-9-22-13/h1,6,8-10,12,18H,7H2,2-4H3. The summed E-state index contributed by atoms with van der Waals surface area (Å²) in [6.45, 7) is 0. The fourth-order valence-corrected chi connectivity index (χ4v) is 2.33. The number of ether oxygens (including phenoxy) is 3. The number of rotatable bonds is 6. The van der Waals surface area contributed by atoms with Gasteiger partial charge in [0.2, 0.25) is 5.75 Å². The van der Waals surface area contributed by atoms with Crippen molar-refractivity contribution in [3.63, 3.8) is 0 Å². The quantitative estimate of drug-likeness (QED) is 0.831. The van der Waals surface area contributed by atoms with Crippen LogP contribution in [0.2, 0.25) is 0 Å². The second-order valence-electron chi connectivity index (χ2n) is 4.51. The van der Waals surface area contributed by atoms with Gasteiger partial charge in [0.1, 0.15) is 5.76 Å². The zero-order valence-electron chi connectivity index (χ0n) is 12.8. The van der Waals surface area contributed by atoms with Crippen molar-refractivity contribution in [1.82, 2.24) is 0 Å². The van der Waals surface area contributed by atoms with E-state index in [0.29, 0.717) is 34.1 Å². The molecule has 0 bridgehead atoms. The van der Waals surface area contributed by atoms with Crippen LogP contribution < -0.4 is 14.2 Å². The van der Waals surface area contributed by atoms with Crippen LogP contribution in [0, 0.1) is 12.3 Å². The van der Waals surface area contributed by atoms with Crippen LogP contribution >= 0.6 is 0 Å². The van der Waals surface area contributed by atoms with Crippen LogP contribution in [-0.4, -0.2) is 26.4 Å². The molecule has 2 rings (SSSR count). The van der Waals surface area contributed by atoms with Crippen LogP contribution in [0.3, 0.4) is 0 Å². The highest BCUT2D eigenvalue weighted by atomic mass is 16.5. The highest BCUT2D eigenvalue weighted by Crippen LogP contribution is 2.48. The first kappa shape index (κ1) is 15.8. The molecule has 0 fully saturated rings. The van der Waals surface area contributed by atoms with Gasteiger partial charge in [0.15, 0.2) is 11.5 Å². The SMILES string of the molecule is C#CCC(O)c1cc(OC)c(OC)c(OC)c1-c1ccco1. The lowest BCUT2D eigenvalue weighted by molar-refractivity contribution is 0.183. The molecule has 0 radical (unpaired) electrons. The van der Waals surface area contributed by atoms with E-state index in [9.17, 15) is 5.11 Å². The first-order valence-electron chi connectivity index (χ1n) is 6.66. The average molecular weight is 302 g/mol. The summed E-state index contributed by atoms with van der Waals surface area (Å²) in [5, 5.41) is 10.4. The molecule has 1 unspecified atom stereocenters. The summed E-state index contributed by atoms with van der Waals surface area (Å²) < 4.78 is 21.6. The van der Waals surface area contributed by atoms with Gasteiger partial charge < -0.3 is 23.7 Å². The number of terminal acetylenes is 1. The van der Waals surface area contributed by atoms with E-state index in [0.717, 1.165) is 0 Å². The zero-order chi connectivity index (χ0) is 16.1. The van der Waals surface area contributed by atoms with Gasteiger partial charge in [-0.25, -0.2) is 0 Å². The number of hydrogen-bond acceptors (Lipinski definition) is 5. The Bertz CT molecular complexity index is 667. The molecule has 0 amide bonds. The summed E-state index contributed by atoms with van der Waals surface area (Å²) in [5.74, 6) is 4.28. The monoisotopic (exact) mass is 302 g/mol. The van der Waals surface area contributed by atoms with E-state index >= 15 is 0 Å². The Balaban J connectivity index is 2.78. The maximum atomic E-state index is 10.4. The third-order valence-electron chi connectivity index (χ3n) is 3.30. The first-order chi connectivity index (χ1) is 10.7. The lowest BCUT2D eigenvalue weighted by Gasteiger charge is -2.20. The van der Waals surface area contributed by atoms with Gasteiger partial charge in [0.05, 0.1) is 39.3 Å². The molecule has 0 spiro atoms. The molecule has 1 aromatic carbocycles. The van der Waals surface area contributed by atoms with Gasteiger partial charge in [0.25, 0.3) is 0 Å². The molecule has 0 aliphatic heterocycles. The molecule has 5 heteroatoms. The van der Waals surface area contributed by atoms with E-state index < -0.39 is 6.10 Å². The number of furan rings is 1. The summed E-state index contributed by atoms with van der Waals surface area (Å²) in [4.78, 5) is 0. The number of methoxy groups -OCH3 is 3. The van der Waals surface area contributed by atoms with E-state index in [4.69, 9.17) is 25.1 Å². The summed E-state index contributed by atoms with van der Waals surface area (Å²) >= 11 is 0. The van der Waals surface area contributed by atoms with E-state index in [1.165, 1.54) is 21.3 Å². The molecule has 116 valence electrons. The minimum Gasteiger partial charge on any atom is -0.493 e. The molecule has 2 aromatic rings. The summed E-state index contributed by atoms with van der Waals surface area (Å²) in [6.07, 6.45) is 6.14. The molecule has 1 atom stereocenters. The second kappa shape index (κ2) is 6.92. The molecule has 1 N–H and O–H groups in total. The van der Waals surface area contributed by atoms with Crippen LogP contribution in [0.1, 0.15) is 18.1 Å². The highest BCUT2D eigenvalue weighted by molar-refractivity contribution is 5.77. The predicted molar refractivity (Wildman–Crippen MR) is 82.2 cm³/mol. The highest BCUT2D eigenvalue weighted by Gasteiger charge is 2.26. The van der Waals surface area contributed by atoms with Gasteiger partial charge in [-0.3, -0.25) is 0 Å². The molecule has 5 nitrogen and oxygen atoms in total. The van der Waals surface area contributed by atoms with Crippen LogP contribution in [-0.2, 0) is 0 Å². The third kappa shape index (κ3) is 2.74. The third-order valence-corrected chi connectivity index (χ3v) is 3.30. The minimum atomic E-state index is -0.876. The lowest BCUT2D eigenvalue weighted by atomic mass is 9.96. The molecule has 0 aliphatic carbocycles. The van der Waals surface area contributed by atoms with E-state index in [2.05, 4.69) is 5.92 Å². The topological polar surface area (TPSA) is 61.1 Å². The maximum absolute atomic E-state index is 10.4. The van der Waals surface area contributed by atoms with Gasteiger partial charge in [-0.1, -0.05) is 0 Å². The Hall–Kier alpha value is -2.58. The van der Waals surface area contributed by atoms with Crippen molar-refractivity contribution < 1.29 is 23.7 Å². The van der Waals surface area contributed by atoms with Crippen LogP contribution in [0.15, 0.2) is 28.9 Å². The Kier molecular flexibility index (Phi) is 4.97. The average Bonchev–Trinajstić information content (AvgIpc) is 3.06. The van der Waals surface area contributed by atoms with Gasteiger partial charge >= 0.3 is 0 Å². The molecule has 0 saturated carbocycles. The zero-order valence-corrected chi connectivity index (χ0v) is 12.8.